The van der Waals surface area contributed by atoms with Crippen LogP contribution in [0.4, 0.5) is 17.3 Å². The van der Waals surface area contributed by atoms with Crippen LogP contribution in [0.2, 0.25) is 0 Å². The second-order valence-corrected chi connectivity index (χ2v) is 8.18. The average Bonchev–Trinajstić information content (AvgIpc) is 2.90. The first-order valence-corrected chi connectivity index (χ1v) is 11.5. The Hall–Kier alpha value is -4.19. The summed E-state index contributed by atoms with van der Waals surface area (Å²) in [5.41, 5.74) is 8.59. The lowest BCUT2D eigenvalue weighted by Crippen LogP contribution is -2.39. The minimum atomic E-state index is -6.00. The largest absolute Gasteiger partial charge is 0.673 e. The first-order valence-electron chi connectivity index (χ1n) is 11.5. The van der Waals surface area contributed by atoms with Crippen molar-refractivity contribution >= 4 is 7.25 Å². The molecule has 4 aromatic carbocycles. The minimum absolute atomic E-state index is 0.810. The lowest BCUT2D eigenvalue weighted by atomic mass is 9.98. The molecule has 0 radical (unpaired) electrons. The van der Waals surface area contributed by atoms with E-state index >= 15 is 0 Å². The molecular weight excluding hydrogens is 461 g/mol. The Kier molecular flexibility index (Phi) is 7.96. The number of benzene rings is 4. The summed E-state index contributed by atoms with van der Waals surface area (Å²) in [5.74, 6) is 0. The SMILES string of the molecule is F[B-](F)(F)F.c1ccc(C[n+]2c(-c3ccccc3)cc(-c3ccccc3)cc2-c2ccccc2)cc1. The molecule has 180 valence electrons. The van der Waals surface area contributed by atoms with E-state index in [1.54, 1.807) is 0 Å². The Morgan fingerprint density at radius 1 is 0.444 bits per heavy atom. The molecule has 0 amide bonds. The molecule has 36 heavy (non-hydrogen) atoms. The van der Waals surface area contributed by atoms with E-state index in [4.69, 9.17) is 0 Å². The number of hydrogen-bond donors (Lipinski definition) is 0. The first kappa shape index (κ1) is 24.9. The van der Waals surface area contributed by atoms with Crippen LogP contribution in [-0.2, 0) is 6.54 Å². The predicted molar refractivity (Wildman–Crippen MR) is 139 cm³/mol. The fourth-order valence-electron chi connectivity index (χ4n) is 4.05. The van der Waals surface area contributed by atoms with Gasteiger partial charge in [-0.15, -0.1) is 0 Å². The monoisotopic (exact) mass is 485 g/mol. The third-order valence-electron chi connectivity index (χ3n) is 5.60. The summed E-state index contributed by atoms with van der Waals surface area (Å²) >= 11 is 0. The first-order chi connectivity index (χ1) is 17.4. The number of hydrogen-bond acceptors (Lipinski definition) is 0. The van der Waals surface area contributed by atoms with E-state index in [0.717, 1.165) is 6.54 Å². The van der Waals surface area contributed by atoms with Crippen LogP contribution in [0.25, 0.3) is 33.6 Å². The van der Waals surface area contributed by atoms with Gasteiger partial charge in [-0.1, -0.05) is 97.1 Å². The summed E-state index contributed by atoms with van der Waals surface area (Å²) in [6.07, 6.45) is 0. The maximum Gasteiger partial charge on any atom is 0.673 e. The molecule has 0 bridgehead atoms. The molecular formula is C30H24BF4N. The quantitative estimate of drug-likeness (QED) is 0.134. The van der Waals surface area contributed by atoms with Crippen LogP contribution in [0.1, 0.15) is 5.56 Å². The molecule has 0 aliphatic carbocycles. The highest BCUT2D eigenvalue weighted by atomic mass is 19.5. The number of rotatable bonds is 5. The third kappa shape index (κ3) is 6.92. The lowest BCUT2D eigenvalue weighted by molar-refractivity contribution is -0.666. The fourth-order valence-corrected chi connectivity index (χ4v) is 4.05. The van der Waals surface area contributed by atoms with E-state index in [2.05, 4.69) is 138 Å². The van der Waals surface area contributed by atoms with Crippen LogP contribution < -0.4 is 4.57 Å². The summed E-state index contributed by atoms with van der Waals surface area (Å²) in [5, 5.41) is 0. The Morgan fingerprint density at radius 3 is 1.17 bits per heavy atom. The van der Waals surface area contributed by atoms with Crippen molar-refractivity contribution in [3.8, 4) is 33.6 Å². The minimum Gasteiger partial charge on any atom is -0.418 e. The smallest absolute Gasteiger partial charge is 0.418 e. The maximum absolute atomic E-state index is 9.75. The summed E-state index contributed by atoms with van der Waals surface area (Å²) in [4.78, 5) is 0. The van der Waals surface area contributed by atoms with Gasteiger partial charge in [-0.25, -0.2) is 0 Å². The molecule has 5 aromatic rings. The van der Waals surface area contributed by atoms with E-state index in [-0.39, 0.29) is 0 Å². The standard InChI is InChI=1S/C30H24N.BF4/c1-5-13-24(14-6-1)23-31-29(26-17-9-3-10-18-26)21-28(25-15-7-2-8-16-25)22-30(31)27-19-11-4-12-20-27;2-1(3,4)5/h1-22H,23H2;/q+1;-1. The van der Waals surface area contributed by atoms with Gasteiger partial charge in [0.05, 0.1) is 0 Å². The molecule has 0 unspecified atom stereocenters. The highest BCUT2D eigenvalue weighted by molar-refractivity contribution is 6.50. The Morgan fingerprint density at radius 2 is 0.778 bits per heavy atom. The summed E-state index contributed by atoms with van der Waals surface area (Å²) in [6, 6.07) is 47.3. The predicted octanol–water partition coefficient (Wildman–Crippen LogP) is 8.32. The van der Waals surface area contributed by atoms with Crippen LogP contribution in [-0.4, -0.2) is 7.25 Å². The van der Waals surface area contributed by atoms with Gasteiger partial charge in [-0.2, -0.15) is 4.57 Å². The number of halogens is 4. The van der Waals surface area contributed by atoms with E-state index in [9.17, 15) is 17.3 Å². The molecule has 0 saturated heterocycles. The number of pyridine rings is 1. The molecule has 0 aliphatic heterocycles. The molecule has 1 nitrogen and oxygen atoms in total. The molecule has 0 atom stereocenters. The fraction of sp³-hybridized carbons (Fsp3) is 0.0333. The van der Waals surface area contributed by atoms with Crippen molar-refractivity contribution < 1.29 is 21.8 Å². The zero-order chi connectivity index (χ0) is 25.4. The second-order valence-electron chi connectivity index (χ2n) is 8.18. The van der Waals surface area contributed by atoms with Crippen molar-refractivity contribution in [3.05, 3.63) is 139 Å². The molecule has 1 aromatic heterocycles. The van der Waals surface area contributed by atoms with Crippen molar-refractivity contribution in [2.24, 2.45) is 0 Å². The van der Waals surface area contributed by atoms with Gasteiger partial charge in [-0.3, -0.25) is 0 Å². The molecule has 0 N–H and O–H groups in total. The second kappa shape index (κ2) is 11.5. The molecule has 0 spiro atoms. The van der Waals surface area contributed by atoms with E-state index < -0.39 is 7.25 Å². The van der Waals surface area contributed by atoms with Gasteiger partial charge in [0.25, 0.3) is 0 Å². The average molecular weight is 485 g/mol. The lowest BCUT2D eigenvalue weighted by Gasteiger charge is -2.13. The van der Waals surface area contributed by atoms with Crippen molar-refractivity contribution in [2.45, 2.75) is 6.54 Å². The Bertz CT molecular complexity index is 1310. The van der Waals surface area contributed by atoms with Crippen LogP contribution in [0.5, 0.6) is 0 Å². The van der Waals surface area contributed by atoms with E-state index in [0.29, 0.717) is 0 Å². The zero-order valence-electron chi connectivity index (χ0n) is 19.4. The van der Waals surface area contributed by atoms with Gasteiger partial charge in [0, 0.05) is 28.8 Å². The summed E-state index contributed by atoms with van der Waals surface area (Å²) in [7, 11) is -6.00. The Balaban J connectivity index is 0.000000556. The molecule has 0 fully saturated rings. The van der Waals surface area contributed by atoms with Crippen LogP contribution >= 0.6 is 0 Å². The molecule has 6 heteroatoms. The van der Waals surface area contributed by atoms with Crippen LogP contribution in [0.15, 0.2) is 133 Å². The Labute approximate surface area is 208 Å². The molecule has 1 heterocycles. The van der Waals surface area contributed by atoms with Gasteiger partial charge in [-0.05, 0) is 35.4 Å². The number of aromatic nitrogens is 1. The highest BCUT2D eigenvalue weighted by Crippen LogP contribution is 2.29. The molecule has 0 aliphatic rings. The normalized spacial score (nSPS) is 10.9. The third-order valence-corrected chi connectivity index (χ3v) is 5.60. The van der Waals surface area contributed by atoms with Crippen molar-refractivity contribution in [1.29, 1.82) is 0 Å². The van der Waals surface area contributed by atoms with Gasteiger partial charge < -0.3 is 17.3 Å². The van der Waals surface area contributed by atoms with E-state index in [1.807, 2.05) is 0 Å². The van der Waals surface area contributed by atoms with Gasteiger partial charge in [0.2, 0.25) is 11.4 Å². The van der Waals surface area contributed by atoms with Crippen molar-refractivity contribution in [3.63, 3.8) is 0 Å². The molecule has 5 rings (SSSR count). The topological polar surface area (TPSA) is 3.88 Å². The zero-order valence-corrected chi connectivity index (χ0v) is 19.4. The van der Waals surface area contributed by atoms with Crippen LogP contribution in [0.3, 0.4) is 0 Å². The summed E-state index contributed by atoms with van der Waals surface area (Å²) in [6.45, 7) is 0.810. The summed E-state index contributed by atoms with van der Waals surface area (Å²) < 4.78 is 41.4. The number of nitrogens with zero attached hydrogens (tertiary/aromatic N) is 1. The van der Waals surface area contributed by atoms with Gasteiger partial charge in [0.15, 0.2) is 6.54 Å². The van der Waals surface area contributed by atoms with Crippen LogP contribution in [0, 0.1) is 0 Å². The van der Waals surface area contributed by atoms with E-state index in [1.165, 1.54) is 39.2 Å². The van der Waals surface area contributed by atoms with Crippen molar-refractivity contribution in [2.75, 3.05) is 0 Å². The van der Waals surface area contributed by atoms with Gasteiger partial charge >= 0.3 is 7.25 Å². The van der Waals surface area contributed by atoms with Crippen molar-refractivity contribution in [1.82, 2.24) is 0 Å². The molecule has 0 saturated carbocycles. The van der Waals surface area contributed by atoms with Gasteiger partial charge in [0.1, 0.15) is 0 Å². The highest BCUT2D eigenvalue weighted by Gasteiger charge is 2.23. The maximum atomic E-state index is 9.75.